The zero-order valence-electron chi connectivity index (χ0n) is 8.25. The molecule has 0 spiro atoms. The Labute approximate surface area is 90.8 Å². The number of guanidine groups is 2. The first-order chi connectivity index (χ1) is 7.58. The highest BCUT2D eigenvalue weighted by Gasteiger charge is 1.96. The molecule has 0 saturated heterocycles. The van der Waals surface area contributed by atoms with E-state index >= 15 is 0 Å². The van der Waals surface area contributed by atoms with Crippen LogP contribution in [0.15, 0.2) is 22.5 Å². The fraction of sp³-hybridized carbons (Fsp3) is 0. The van der Waals surface area contributed by atoms with Crippen LogP contribution in [0.3, 0.4) is 0 Å². The number of aromatic nitrogens is 2. The summed E-state index contributed by atoms with van der Waals surface area (Å²) in [5.74, 6) is 0.337. The summed E-state index contributed by atoms with van der Waals surface area (Å²) in [6.45, 7) is 0. The van der Waals surface area contributed by atoms with Gasteiger partial charge in [-0.05, 0) is 0 Å². The summed E-state index contributed by atoms with van der Waals surface area (Å²) in [5.41, 5.74) is 25.4. The normalized spacial score (nSPS) is 9.00. The van der Waals surface area contributed by atoms with Gasteiger partial charge < -0.3 is 22.9 Å². The molecule has 86 valence electrons. The van der Waals surface area contributed by atoms with Crippen LogP contribution in [0.5, 0.6) is 0 Å². The molecule has 0 bridgehead atoms. The standard InChI is InChI=1S/C6H12N10/c7-4(8)14-13-3-1-2-11-6(12-3)16-15-5(9)10/h1-2H,(H4,7,8,14)(H4,9,10,15)(H2,11,12,13,16). The molecule has 0 radical (unpaired) electrons. The molecule has 0 amide bonds. The monoisotopic (exact) mass is 224 g/mol. The Kier molecular flexibility index (Phi) is 3.66. The molecule has 16 heavy (non-hydrogen) atoms. The van der Waals surface area contributed by atoms with Crippen LogP contribution in [0.2, 0.25) is 0 Å². The van der Waals surface area contributed by atoms with Gasteiger partial charge in [-0.2, -0.15) is 4.98 Å². The molecule has 1 rings (SSSR count). The lowest BCUT2D eigenvalue weighted by atomic mass is 10.6. The number of hydrogen-bond donors (Lipinski definition) is 6. The van der Waals surface area contributed by atoms with Crippen molar-refractivity contribution in [3.05, 3.63) is 12.3 Å². The minimum absolute atomic E-state index is 0.114. The highest BCUT2D eigenvalue weighted by molar-refractivity contribution is 5.76. The van der Waals surface area contributed by atoms with Crippen molar-refractivity contribution in [1.29, 1.82) is 0 Å². The predicted octanol–water partition coefficient (Wildman–Crippen LogP) is -2.32. The molecule has 0 aromatic carbocycles. The van der Waals surface area contributed by atoms with Crippen LogP contribution in [0, 0.1) is 0 Å². The van der Waals surface area contributed by atoms with E-state index in [-0.39, 0.29) is 17.9 Å². The summed E-state index contributed by atoms with van der Waals surface area (Å²) >= 11 is 0. The quantitative estimate of drug-likeness (QED) is 0.187. The summed E-state index contributed by atoms with van der Waals surface area (Å²) < 4.78 is 0. The Morgan fingerprint density at radius 2 is 1.69 bits per heavy atom. The molecule has 10 N–H and O–H groups in total. The number of hydrazone groups is 2. The van der Waals surface area contributed by atoms with Gasteiger partial charge in [0, 0.05) is 12.3 Å². The van der Waals surface area contributed by atoms with E-state index in [0.717, 1.165) is 0 Å². The molecule has 10 heteroatoms. The topological polar surface area (TPSA) is 179 Å². The maximum Gasteiger partial charge on any atom is 0.245 e. The molecule has 0 aliphatic rings. The van der Waals surface area contributed by atoms with Crippen molar-refractivity contribution in [2.45, 2.75) is 0 Å². The first kappa shape index (κ1) is 11.3. The first-order valence-electron chi connectivity index (χ1n) is 4.10. The summed E-state index contributed by atoms with van der Waals surface area (Å²) in [6, 6.07) is 1.56. The second-order valence-corrected chi connectivity index (χ2v) is 2.56. The highest BCUT2D eigenvalue weighted by atomic mass is 15.4. The van der Waals surface area contributed by atoms with Crippen molar-refractivity contribution in [2.75, 3.05) is 10.9 Å². The SMILES string of the molecule is NC(N)=NNc1ccnc(NN=C(N)N)n1. The fourth-order valence-electron chi connectivity index (χ4n) is 0.711. The minimum atomic E-state index is -0.133. The van der Waals surface area contributed by atoms with Crippen LogP contribution in [0.25, 0.3) is 0 Å². The molecule has 10 nitrogen and oxygen atoms in total. The van der Waals surface area contributed by atoms with Crippen LogP contribution in [-0.4, -0.2) is 21.9 Å². The third kappa shape index (κ3) is 3.95. The number of nitrogens with two attached hydrogens (primary N) is 4. The predicted molar refractivity (Wildman–Crippen MR) is 60.9 cm³/mol. The summed E-state index contributed by atoms with van der Waals surface area (Å²) in [7, 11) is 0. The second kappa shape index (κ2) is 5.19. The third-order valence-corrected chi connectivity index (χ3v) is 1.24. The van der Waals surface area contributed by atoms with Crippen LogP contribution < -0.4 is 33.8 Å². The molecule has 0 atom stereocenters. The lowest BCUT2D eigenvalue weighted by Crippen LogP contribution is -2.24. The van der Waals surface area contributed by atoms with Gasteiger partial charge in [0.15, 0.2) is 5.82 Å². The average Bonchev–Trinajstić information content (AvgIpc) is 2.24. The molecule has 0 aliphatic carbocycles. The van der Waals surface area contributed by atoms with Gasteiger partial charge in [0.25, 0.3) is 0 Å². The molecule has 0 unspecified atom stereocenters. The molecular weight excluding hydrogens is 212 g/mol. The van der Waals surface area contributed by atoms with Crippen molar-refractivity contribution in [3.8, 4) is 0 Å². The van der Waals surface area contributed by atoms with Gasteiger partial charge in [-0.15, -0.1) is 10.2 Å². The van der Waals surface area contributed by atoms with Crippen molar-refractivity contribution < 1.29 is 0 Å². The van der Waals surface area contributed by atoms with Gasteiger partial charge in [-0.3, -0.25) is 5.43 Å². The third-order valence-electron chi connectivity index (χ3n) is 1.24. The molecule has 0 aliphatic heterocycles. The maximum absolute atomic E-state index is 5.13. The van der Waals surface area contributed by atoms with E-state index in [9.17, 15) is 0 Å². The van der Waals surface area contributed by atoms with Crippen LogP contribution in [0.4, 0.5) is 11.8 Å². The van der Waals surface area contributed by atoms with E-state index in [1.54, 1.807) is 6.07 Å². The smallest absolute Gasteiger partial charge is 0.245 e. The zero-order chi connectivity index (χ0) is 12.0. The van der Waals surface area contributed by atoms with Gasteiger partial charge >= 0.3 is 0 Å². The van der Waals surface area contributed by atoms with Gasteiger partial charge in [0.2, 0.25) is 17.9 Å². The van der Waals surface area contributed by atoms with Crippen molar-refractivity contribution in [3.63, 3.8) is 0 Å². The van der Waals surface area contributed by atoms with E-state index in [1.165, 1.54) is 6.20 Å². The van der Waals surface area contributed by atoms with Crippen LogP contribution >= 0.6 is 0 Å². The second-order valence-electron chi connectivity index (χ2n) is 2.56. The lowest BCUT2D eigenvalue weighted by Gasteiger charge is -2.02. The molecular formula is C6H12N10. The van der Waals surface area contributed by atoms with E-state index < -0.39 is 0 Å². The highest BCUT2D eigenvalue weighted by Crippen LogP contribution is 2.04. The maximum atomic E-state index is 5.13. The number of nitrogens with one attached hydrogen (secondary N) is 2. The largest absolute Gasteiger partial charge is 0.369 e. The van der Waals surface area contributed by atoms with E-state index in [0.29, 0.717) is 5.82 Å². The van der Waals surface area contributed by atoms with E-state index in [2.05, 4.69) is 31.0 Å². The number of hydrogen-bond acceptors (Lipinski definition) is 6. The van der Waals surface area contributed by atoms with Crippen molar-refractivity contribution >= 4 is 23.7 Å². The zero-order valence-corrected chi connectivity index (χ0v) is 8.25. The van der Waals surface area contributed by atoms with Gasteiger partial charge in [0.05, 0.1) is 0 Å². The van der Waals surface area contributed by atoms with Crippen molar-refractivity contribution in [2.24, 2.45) is 33.1 Å². The van der Waals surface area contributed by atoms with Crippen molar-refractivity contribution in [1.82, 2.24) is 9.97 Å². The molecule has 1 aromatic heterocycles. The minimum Gasteiger partial charge on any atom is -0.369 e. The molecule has 1 aromatic rings. The summed E-state index contributed by atoms with van der Waals surface area (Å²) in [6.07, 6.45) is 1.47. The van der Waals surface area contributed by atoms with Crippen LogP contribution in [-0.2, 0) is 0 Å². The van der Waals surface area contributed by atoms with Gasteiger partial charge in [-0.1, -0.05) is 0 Å². The fourth-order valence-corrected chi connectivity index (χ4v) is 0.711. The van der Waals surface area contributed by atoms with Gasteiger partial charge in [0.1, 0.15) is 0 Å². The van der Waals surface area contributed by atoms with Gasteiger partial charge in [-0.25, -0.2) is 10.4 Å². The Morgan fingerprint density at radius 3 is 2.31 bits per heavy atom. The summed E-state index contributed by atoms with van der Waals surface area (Å²) in [4.78, 5) is 7.79. The van der Waals surface area contributed by atoms with E-state index in [1.807, 2.05) is 0 Å². The lowest BCUT2D eigenvalue weighted by molar-refractivity contribution is 1.09. The molecule has 1 heterocycles. The molecule has 0 fully saturated rings. The number of anilines is 2. The number of nitrogens with zero attached hydrogens (tertiary/aromatic N) is 4. The first-order valence-corrected chi connectivity index (χ1v) is 4.10. The molecule has 0 saturated carbocycles. The average molecular weight is 224 g/mol. The Balaban J connectivity index is 2.71. The number of rotatable bonds is 4. The Hall–Kier alpha value is -2.78. The Morgan fingerprint density at radius 1 is 1.06 bits per heavy atom. The summed E-state index contributed by atoms with van der Waals surface area (Å²) in [5, 5.41) is 7.07. The van der Waals surface area contributed by atoms with E-state index in [4.69, 9.17) is 22.9 Å². The van der Waals surface area contributed by atoms with Crippen LogP contribution in [0.1, 0.15) is 0 Å². The Bertz CT molecular complexity index is 366.